The zero-order valence-corrected chi connectivity index (χ0v) is 7.73. The molecule has 68 valence electrons. The van der Waals surface area contributed by atoms with Crippen molar-refractivity contribution in [1.29, 1.82) is 0 Å². The first-order valence-electron chi connectivity index (χ1n) is 3.82. The van der Waals surface area contributed by atoms with Crippen molar-refractivity contribution in [3.63, 3.8) is 0 Å². The van der Waals surface area contributed by atoms with E-state index < -0.39 is 0 Å². The first-order valence-corrected chi connectivity index (χ1v) is 4.20. The Labute approximate surface area is 79.5 Å². The lowest BCUT2D eigenvalue weighted by atomic mass is 10.3. The predicted molar refractivity (Wildman–Crippen MR) is 48.4 cm³/mol. The Hall–Kier alpha value is -1.20. The number of hydrogen-bond donors (Lipinski definition) is 1. The number of halogens is 1. The maximum Gasteiger partial charge on any atom is 0.178 e. The molecule has 0 bridgehead atoms. The molecule has 0 radical (unpaired) electrons. The summed E-state index contributed by atoms with van der Waals surface area (Å²) in [6.45, 7) is 1.82. The number of nitrogens with two attached hydrogens (primary N) is 1. The van der Waals surface area contributed by atoms with Gasteiger partial charge in [-0.05, 0) is 19.1 Å². The van der Waals surface area contributed by atoms with Gasteiger partial charge in [0, 0.05) is 0 Å². The van der Waals surface area contributed by atoms with Gasteiger partial charge >= 0.3 is 0 Å². The maximum absolute atomic E-state index is 5.72. The summed E-state index contributed by atoms with van der Waals surface area (Å²) >= 11 is 5.72. The fourth-order valence-electron chi connectivity index (χ4n) is 1.07. The Morgan fingerprint density at radius 2 is 2.23 bits per heavy atom. The number of nitrogens with zero attached hydrogens (tertiary/aromatic N) is 4. The van der Waals surface area contributed by atoms with E-state index in [-0.39, 0.29) is 6.04 Å². The first kappa shape index (κ1) is 8.40. The van der Waals surface area contributed by atoms with Gasteiger partial charge in [0.1, 0.15) is 5.15 Å². The highest BCUT2D eigenvalue weighted by molar-refractivity contribution is 6.29. The monoisotopic (exact) mass is 197 g/mol. The summed E-state index contributed by atoms with van der Waals surface area (Å²) in [5, 5.41) is 12.2. The van der Waals surface area contributed by atoms with Crippen molar-refractivity contribution in [2.45, 2.75) is 13.0 Å². The largest absolute Gasteiger partial charge is 0.321 e. The van der Waals surface area contributed by atoms with Gasteiger partial charge in [0.2, 0.25) is 0 Å². The number of rotatable bonds is 1. The summed E-state index contributed by atoms with van der Waals surface area (Å²) in [6, 6.07) is 3.20. The van der Waals surface area contributed by atoms with Crippen LogP contribution in [-0.2, 0) is 0 Å². The van der Waals surface area contributed by atoms with E-state index >= 15 is 0 Å². The molecule has 2 aromatic rings. The van der Waals surface area contributed by atoms with E-state index in [1.54, 1.807) is 16.6 Å². The predicted octanol–water partition coefficient (Wildman–Crippen LogP) is 0.797. The van der Waals surface area contributed by atoms with Gasteiger partial charge in [-0.15, -0.1) is 10.2 Å². The lowest BCUT2D eigenvalue weighted by Gasteiger charge is -2.00. The quantitative estimate of drug-likeness (QED) is 0.734. The molecule has 6 heteroatoms. The molecule has 2 N–H and O–H groups in total. The summed E-state index contributed by atoms with van der Waals surface area (Å²) in [7, 11) is 0. The lowest BCUT2D eigenvalue weighted by molar-refractivity contribution is 0.695. The molecule has 0 aliphatic heterocycles. The number of aromatic nitrogens is 4. The fourth-order valence-corrected chi connectivity index (χ4v) is 1.21. The molecule has 0 saturated carbocycles. The second-order valence-electron chi connectivity index (χ2n) is 2.77. The summed E-state index contributed by atoms with van der Waals surface area (Å²) in [6.07, 6.45) is 0. The van der Waals surface area contributed by atoms with Crippen molar-refractivity contribution in [3.8, 4) is 0 Å². The van der Waals surface area contributed by atoms with Crippen LogP contribution in [0, 0.1) is 0 Å². The lowest BCUT2D eigenvalue weighted by Crippen LogP contribution is -2.11. The summed E-state index contributed by atoms with van der Waals surface area (Å²) in [5.41, 5.74) is 6.32. The molecule has 2 rings (SSSR count). The smallest absolute Gasteiger partial charge is 0.178 e. The van der Waals surface area contributed by atoms with E-state index in [1.165, 1.54) is 0 Å². The maximum atomic E-state index is 5.72. The van der Waals surface area contributed by atoms with Crippen LogP contribution in [0.15, 0.2) is 12.1 Å². The van der Waals surface area contributed by atoms with E-state index in [4.69, 9.17) is 17.3 Å². The van der Waals surface area contributed by atoms with E-state index in [9.17, 15) is 0 Å². The molecule has 1 atom stereocenters. The molecule has 2 heterocycles. The van der Waals surface area contributed by atoms with Crippen LogP contribution >= 0.6 is 11.6 Å². The zero-order valence-electron chi connectivity index (χ0n) is 6.98. The van der Waals surface area contributed by atoms with Crippen molar-refractivity contribution in [2.24, 2.45) is 5.73 Å². The molecule has 0 aliphatic carbocycles. The first-order chi connectivity index (χ1) is 6.18. The minimum absolute atomic E-state index is 0.207. The fraction of sp³-hybridized carbons (Fsp3) is 0.286. The van der Waals surface area contributed by atoms with E-state index in [1.807, 2.05) is 6.92 Å². The molecule has 0 aromatic carbocycles. The molecule has 0 fully saturated rings. The molecule has 0 amide bonds. The Kier molecular flexibility index (Phi) is 1.90. The molecular weight excluding hydrogens is 190 g/mol. The van der Waals surface area contributed by atoms with E-state index in [2.05, 4.69) is 15.3 Å². The van der Waals surface area contributed by atoms with Crippen molar-refractivity contribution in [2.75, 3.05) is 0 Å². The van der Waals surface area contributed by atoms with Crippen LogP contribution in [-0.4, -0.2) is 19.8 Å². The minimum Gasteiger partial charge on any atom is -0.321 e. The van der Waals surface area contributed by atoms with Crippen LogP contribution in [0.5, 0.6) is 0 Å². The van der Waals surface area contributed by atoms with Gasteiger partial charge in [0.15, 0.2) is 11.5 Å². The summed E-state index contributed by atoms with van der Waals surface area (Å²) < 4.78 is 1.55. The highest BCUT2D eigenvalue weighted by atomic mass is 35.5. The number of fused-ring (bicyclic) bond motifs is 1. The van der Waals surface area contributed by atoms with Crippen molar-refractivity contribution in [3.05, 3.63) is 23.1 Å². The van der Waals surface area contributed by atoms with Crippen LogP contribution in [0.3, 0.4) is 0 Å². The average Bonchev–Trinajstić information content (AvgIpc) is 2.46. The Bertz CT molecular complexity index is 435. The third-order valence-corrected chi connectivity index (χ3v) is 1.86. The molecule has 0 aliphatic rings. The van der Waals surface area contributed by atoms with Gasteiger partial charge in [0.25, 0.3) is 0 Å². The standard InChI is InChI=1S/C7H8ClN5/c1-4(9)7-11-10-6-3-2-5(8)12-13(6)7/h2-4H,9H2,1H3/t4-/m0/s1. The summed E-state index contributed by atoms with van der Waals surface area (Å²) in [5.74, 6) is 0.609. The molecule has 0 spiro atoms. The normalized spacial score (nSPS) is 13.5. The van der Waals surface area contributed by atoms with Gasteiger partial charge in [-0.3, -0.25) is 0 Å². The van der Waals surface area contributed by atoms with Gasteiger partial charge in [-0.2, -0.15) is 9.61 Å². The number of hydrogen-bond acceptors (Lipinski definition) is 4. The minimum atomic E-state index is -0.207. The molecule has 0 saturated heterocycles. The van der Waals surface area contributed by atoms with Crippen molar-refractivity contribution < 1.29 is 0 Å². The molecule has 2 aromatic heterocycles. The molecule has 0 unspecified atom stereocenters. The molecule has 5 nitrogen and oxygen atoms in total. The van der Waals surface area contributed by atoms with Crippen LogP contribution in [0.1, 0.15) is 18.8 Å². The molecular formula is C7H8ClN5. The van der Waals surface area contributed by atoms with E-state index in [0.29, 0.717) is 16.6 Å². The summed E-state index contributed by atoms with van der Waals surface area (Å²) in [4.78, 5) is 0. The average molecular weight is 198 g/mol. The van der Waals surface area contributed by atoms with Crippen LogP contribution < -0.4 is 5.73 Å². The van der Waals surface area contributed by atoms with E-state index in [0.717, 1.165) is 0 Å². The topological polar surface area (TPSA) is 69.1 Å². The van der Waals surface area contributed by atoms with Gasteiger partial charge in [-0.25, -0.2) is 0 Å². The van der Waals surface area contributed by atoms with Crippen molar-refractivity contribution in [1.82, 2.24) is 19.8 Å². The molecule has 13 heavy (non-hydrogen) atoms. The van der Waals surface area contributed by atoms with Crippen molar-refractivity contribution >= 4 is 17.2 Å². The Balaban J connectivity index is 2.71. The van der Waals surface area contributed by atoms with Gasteiger partial charge in [-0.1, -0.05) is 11.6 Å². The second kappa shape index (κ2) is 2.93. The van der Waals surface area contributed by atoms with Gasteiger partial charge < -0.3 is 5.73 Å². The zero-order chi connectivity index (χ0) is 9.42. The van der Waals surface area contributed by atoms with Crippen LogP contribution in [0.2, 0.25) is 5.15 Å². The SMILES string of the molecule is C[C@H](N)c1nnc2ccc(Cl)nn12. The third-order valence-electron chi connectivity index (χ3n) is 1.66. The van der Waals surface area contributed by atoms with Crippen LogP contribution in [0.25, 0.3) is 5.65 Å². The Morgan fingerprint density at radius 3 is 2.92 bits per heavy atom. The van der Waals surface area contributed by atoms with Gasteiger partial charge in [0.05, 0.1) is 6.04 Å². The third kappa shape index (κ3) is 1.36. The Morgan fingerprint density at radius 1 is 1.46 bits per heavy atom. The second-order valence-corrected chi connectivity index (χ2v) is 3.16. The highest BCUT2D eigenvalue weighted by Crippen LogP contribution is 2.10. The van der Waals surface area contributed by atoms with Crippen LogP contribution in [0.4, 0.5) is 0 Å². The highest BCUT2D eigenvalue weighted by Gasteiger charge is 2.10.